The second-order valence-corrected chi connectivity index (χ2v) is 4.35. The van der Waals surface area contributed by atoms with Gasteiger partial charge in [0.2, 0.25) is 0 Å². The van der Waals surface area contributed by atoms with Crippen LogP contribution < -0.4 is 0 Å². The third-order valence-corrected chi connectivity index (χ3v) is 2.81. The first-order chi connectivity index (χ1) is 9.27. The van der Waals surface area contributed by atoms with Crippen molar-refractivity contribution in [1.82, 2.24) is 4.98 Å². The van der Waals surface area contributed by atoms with Gasteiger partial charge in [-0.25, -0.2) is 4.39 Å². The quantitative estimate of drug-likeness (QED) is 0.642. The number of hydrogen-bond donors (Lipinski definition) is 0. The second kappa shape index (κ2) is 9.64. The summed E-state index contributed by atoms with van der Waals surface area (Å²) in [4.78, 5) is 3.91. The van der Waals surface area contributed by atoms with E-state index in [-0.39, 0.29) is 5.82 Å². The molecule has 1 aromatic heterocycles. The molecule has 1 aromatic rings. The summed E-state index contributed by atoms with van der Waals surface area (Å²) in [6.07, 6.45) is 8.75. The standard InChI is InChI=1S/C15H22FNO2/c1-18-8-4-3-6-13(7-5-9-19-2)14-10-15(16)12-17-11-14/h6,10-12H,3-5,7-9H2,1-2H3/b13-6+. The maximum Gasteiger partial charge on any atom is 0.142 e. The van der Waals surface area contributed by atoms with E-state index in [1.165, 1.54) is 12.3 Å². The number of unbranched alkanes of at least 4 members (excludes halogenated alkanes) is 1. The van der Waals surface area contributed by atoms with Crippen molar-refractivity contribution in [2.45, 2.75) is 25.7 Å². The molecule has 3 nitrogen and oxygen atoms in total. The number of hydrogen-bond acceptors (Lipinski definition) is 3. The van der Waals surface area contributed by atoms with Crippen LogP contribution in [0.5, 0.6) is 0 Å². The van der Waals surface area contributed by atoms with Crippen molar-refractivity contribution in [3.8, 4) is 0 Å². The molecule has 106 valence electrons. The van der Waals surface area contributed by atoms with Crippen LogP contribution in [0, 0.1) is 5.82 Å². The van der Waals surface area contributed by atoms with Gasteiger partial charge in [-0.15, -0.1) is 0 Å². The van der Waals surface area contributed by atoms with E-state index in [9.17, 15) is 4.39 Å². The molecule has 0 spiro atoms. The maximum absolute atomic E-state index is 13.2. The predicted octanol–water partition coefficient (Wildman–Crippen LogP) is 3.46. The summed E-state index contributed by atoms with van der Waals surface area (Å²) in [6, 6.07) is 1.53. The molecule has 0 N–H and O–H groups in total. The van der Waals surface area contributed by atoms with Crippen molar-refractivity contribution in [3.05, 3.63) is 35.9 Å². The van der Waals surface area contributed by atoms with Crippen LogP contribution in [0.3, 0.4) is 0 Å². The molecule has 1 heterocycles. The van der Waals surface area contributed by atoms with Crippen molar-refractivity contribution in [3.63, 3.8) is 0 Å². The van der Waals surface area contributed by atoms with Gasteiger partial charge in [0.25, 0.3) is 0 Å². The number of nitrogens with zero attached hydrogens (tertiary/aromatic N) is 1. The lowest BCUT2D eigenvalue weighted by atomic mass is 10.0. The Labute approximate surface area is 114 Å². The number of halogens is 1. The highest BCUT2D eigenvalue weighted by Gasteiger charge is 2.04. The molecule has 19 heavy (non-hydrogen) atoms. The topological polar surface area (TPSA) is 31.4 Å². The number of ether oxygens (including phenoxy) is 2. The number of aromatic nitrogens is 1. The van der Waals surface area contributed by atoms with E-state index in [1.54, 1.807) is 20.4 Å². The third-order valence-electron chi connectivity index (χ3n) is 2.81. The lowest BCUT2D eigenvalue weighted by Crippen LogP contribution is -1.94. The Hall–Kier alpha value is -1.26. The van der Waals surface area contributed by atoms with Crippen LogP contribution >= 0.6 is 0 Å². The molecular formula is C15H22FNO2. The molecule has 0 radical (unpaired) electrons. The average Bonchev–Trinajstić information content (AvgIpc) is 2.41. The first kappa shape index (κ1) is 15.8. The van der Waals surface area contributed by atoms with E-state index in [0.717, 1.165) is 43.4 Å². The predicted molar refractivity (Wildman–Crippen MR) is 74.4 cm³/mol. The molecule has 0 aliphatic carbocycles. The van der Waals surface area contributed by atoms with Crippen LogP contribution in [0.25, 0.3) is 5.57 Å². The molecule has 0 atom stereocenters. The summed E-state index contributed by atoms with van der Waals surface area (Å²) in [5.74, 6) is -0.299. The van der Waals surface area contributed by atoms with Crippen molar-refractivity contribution < 1.29 is 13.9 Å². The van der Waals surface area contributed by atoms with Gasteiger partial charge < -0.3 is 9.47 Å². The van der Waals surface area contributed by atoms with Gasteiger partial charge in [0.15, 0.2) is 0 Å². The van der Waals surface area contributed by atoms with Crippen LogP contribution in [0.15, 0.2) is 24.5 Å². The van der Waals surface area contributed by atoms with E-state index in [4.69, 9.17) is 9.47 Å². The van der Waals surface area contributed by atoms with Gasteiger partial charge in [-0.2, -0.15) is 0 Å². The largest absolute Gasteiger partial charge is 0.385 e. The molecule has 0 aromatic carbocycles. The molecule has 0 fully saturated rings. The highest BCUT2D eigenvalue weighted by atomic mass is 19.1. The SMILES string of the molecule is COCCC/C=C(\CCCOC)c1cncc(F)c1. The van der Waals surface area contributed by atoms with Gasteiger partial charge in [0, 0.05) is 33.6 Å². The Morgan fingerprint density at radius 3 is 2.63 bits per heavy atom. The fourth-order valence-corrected chi connectivity index (χ4v) is 1.86. The van der Waals surface area contributed by atoms with E-state index in [2.05, 4.69) is 11.1 Å². The summed E-state index contributed by atoms with van der Waals surface area (Å²) in [6.45, 7) is 1.45. The molecular weight excluding hydrogens is 245 g/mol. The van der Waals surface area contributed by atoms with Gasteiger partial charge in [0.1, 0.15) is 5.82 Å². The summed E-state index contributed by atoms with van der Waals surface area (Å²) in [5, 5.41) is 0. The fourth-order valence-electron chi connectivity index (χ4n) is 1.86. The van der Waals surface area contributed by atoms with Crippen molar-refractivity contribution in [1.29, 1.82) is 0 Å². The minimum Gasteiger partial charge on any atom is -0.385 e. The van der Waals surface area contributed by atoms with E-state index in [0.29, 0.717) is 6.61 Å². The zero-order chi connectivity index (χ0) is 13.9. The zero-order valence-corrected chi connectivity index (χ0v) is 11.7. The molecule has 0 unspecified atom stereocenters. The van der Waals surface area contributed by atoms with E-state index >= 15 is 0 Å². The zero-order valence-electron chi connectivity index (χ0n) is 11.7. The summed E-state index contributed by atoms with van der Waals surface area (Å²) < 4.78 is 23.3. The minimum atomic E-state index is -0.299. The third kappa shape index (κ3) is 6.45. The Balaban J connectivity index is 2.67. The molecule has 1 rings (SSSR count). The lowest BCUT2D eigenvalue weighted by Gasteiger charge is -2.08. The number of pyridine rings is 1. The highest BCUT2D eigenvalue weighted by molar-refractivity contribution is 5.64. The van der Waals surface area contributed by atoms with Crippen LogP contribution in [0.4, 0.5) is 4.39 Å². The number of methoxy groups -OCH3 is 2. The smallest absolute Gasteiger partial charge is 0.142 e. The van der Waals surface area contributed by atoms with E-state index in [1.807, 2.05) is 0 Å². The van der Waals surface area contributed by atoms with Crippen LogP contribution in [-0.2, 0) is 9.47 Å². The summed E-state index contributed by atoms with van der Waals surface area (Å²) >= 11 is 0. The van der Waals surface area contributed by atoms with Crippen molar-refractivity contribution in [2.24, 2.45) is 0 Å². The van der Waals surface area contributed by atoms with E-state index < -0.39 is 0 Å². The molecule has 0 aliphatic rings. The average molecular weight is 267 g/mol. The van der Waals surface area contributed by atoms with Crippen molar-refractivity contribution in [2.75, 3.05) is 27.4 Å². The lowest BCUT2D eigenvalue weighted by molar-refractivity contribution is 0.195. The summed E-state index contributed by atoms with van der Waals surface area (Å²) in [5.41, 5.74) is 1.98. The van der Waals surface area contributed by atoms with Gasteiger partial charge >= 0.3 is 0 Å². The Bertz CT molecular complexity index is 393. The molecule has 4 heteroatoms. The molecule has 0 saturated carbocycles. The van der Waals surface area contributed by atoms with Gasteiger partial charge in [-0.1, -0.05) is 6.08 Å². The van der Waals surface area contributed by atoms with Crippen LogP contribution in [0.1, 0.15) is 31.2 Å². The second-order valence-electron chi connectivity index (χ2n) is 4.35. The number of allylic oxidation sites excluding steroid dienone is 2. The first-order valence-corrected chi connectivity index (χ1v) is 6.55. The fraction of sp³-hybridized carbons (Fsp3) is 0.533. The maximum atomic E-state index is 13.2. The molecule has 0 aliphatic heterocycles. The monoisotopic (exact) mass is 267 g/mol. The molecule has 0 bridgehead atoms. The van der Waals surface area contributed by atoms with Crippen molar-refractivity contribution >= 4 is 5.57 Å². The highest BCUT2D eigenvalue weighted by Crippen LogP contribution is 2.21. The minimum absolute atomic E-state index is 0.299. The molecule has 0 amide bonds. The normalized spacial score (nSPS) is 11.8. The number of rotatable bonds is 9. The summed E-state index contributed by atoms with van der Waals surface area (Å²) in [7, 11) is 3.38. The van der Waals surface area contributed by atoms with Crippen LogP contribution in [0.2, 0.25) is 0 Å². The van der Waals surface area contributed by atoms with Gasteiger partial charge in [0.05, 0.1) is 6.20 Å². The van der Waals surface area contributed by atoms with Gasteiger partial charge in [-0.3, -0.25) is 4.98 Å². The van der Waals surface area contributed by atoms with Gasteiger partial charge in [-0.05, 0) is 42.9 Å². The Morgan fingerprint density at radius 2 is 1.95 bits per heavy atom. The molecule has 0 saturated heterocycles. The Kier molecular flexibility index (Phi) is 8.02. The first-order valence-electron chi connectivity index (χ1n) is 6.55. The Morgan fingerprint density at radius 1 is 1.21 bits per heavy atom. The van der Waals surface area contributed by atoms with Crippen LogP contribution in [-0.4, -0.2) is 32.4 Å².